The normalized spacial score (nSPS) is 17.6. The van der Waals surface area contributed by atoms with Gasteiger partial charge in [0.25, 0.3) is 5.91 Å². The third-order valence-corrected chi connectivity index (χ3v) is 6.02. The fourth-order valence-electron chi connectivity index (χ4n) is 3.55. The second-order valence-electron chi connectivity index (χ2n) is 7.58. The first-order chi connectivity index (χ1) is 13.6. The molecule has 1 aliphatic heterocycles. The second-order valence-corrected chi connectivity index (χ2v) is 8.55. The second kappa shape index (κ2) is 10.6. The van der Waals surface area contributed by atoms with E-state index in [1.807, 2.05) is 19.1 Å². The summed E-state index contributed by atoms with van der Waals surface area (Å²) in [6.45, 7) is 8.47. The van der Waals surface area contributed by atoms with E-state index in [2.05, 4.69) is 27.3 Å². The van der Waals surface area contributed by atoms with Gasteiger partial charge in [-0.15, -0.1) is 0 Å². The topological polar surface area (TPSA) is 71.3 Å². The molecule has 0 unspecified atom stereocenters. The minimum Gasteiger partial charge on any atom is -0.361 e. The Morgan fingerprint density at radius 1 is 1.43 bits per heavy atom. The number of carbonyl (C=O) groups is 1. The molecule has 1 N–H and O–H groups in total. The van der Waals surface area contributed by atoms with Gasteiger partial charge >= 0.3 is 0 Å². The molecule has 1 saturated heterocycles. The Labute approximate surface area is 171 Å². The molecule has 2 aromatic rings. The quantitative estimate of drug-likeness (QED) is 0.506. The van der Waals surface area contributed by atoms with Crippen LogP contribution >= 0.6 is 11.8 Å². The van der Waals surface area contributed by atoms with Crippen LogP contribution in [0.15, 0.2) is 33.9 Å². The van der Waals surface area contributed by atoms with E-state index < -0.39 is 0 Å². The molecule has 152 valence electrons. The first-order valence-corrected chi connectivity index (χ1v) is 11.1. The van der Waals surface area contributed by atoms with E-state index in [1.165, 1.54) is 37.7 Å². The van der Waals surface area contributed by atoms with Crippen LogP contribution in [0.4, 0.5) is 0 Å². The fraction of sp³-hybridized carbons (Fsp3) is 0.571. The van der Waals surface area contributed by atoms with Crippen LogP contribution in [0.1, 0.15) is 54.4 Å². The molecule has 1 aliphatic rings. The Balaban J connectivity index is 1.41. The number of amides is 1. The zero-order chi connectivity index (χ0) is 19.8. The Kier molecular flexibility index (Phi) is 7.91. The summed E-state index contributed by atoms with van der Waals surface area (Å²) in [6, 6.07) is 5.53. The van der Waals surface area contributed by atoms with Crippen molar-refractivity contribution >= 4 is 17.7 Å². The average molecular weight is 403 g/mol. The number of aryl methyl sites for hydroxylation is 1. The molecule has 3 heterocycles. The highest BCUT2D eigenvalue weighted by atomic mass is 32.2. The van der Waals surface area contributed by atoms with Crippen molar-refractivity contribution in [2.24, 2.45) is 5.92 Å². The van der Waals surface area contributed by atoms with E-state index in [0.29, 0.717) is 17.9 Å². The van der Waals surface area contributed by atoms with Crippen molar-refractivity contribution in [2.75, 3.05) is 26.2 Å². The van der Waals surface area contributed by atoms with E-state index in [9.17, 15) is 4.79 Å². The van der Waals surface area contributed by atoms with Crippen molar-refractivity contribution in [3.05, 3.63) is 41.4 Å². The SMILES string of the molecule is Cc1cc(CSc2ncccc2C(=O)NCCCCN2CCC[C@H](C)C2)no1. The summed E-state index contributed by atoms with van der Waals surface area (Å²) in [5.74, 6) is 2.17. The lowest BCUT2D eigenvalue weighted by Gasteiger charge is -2.30. The third-order valence-electron chi connectivity index (χ3n) is 4.98. The summed E-state index contributed by atoms with van der Waals surface area (Å²) in [6.07, 6.45) is 6.50. The summed E-state index contributed by atoms with van der Waals surface area (Å²) in [5, 5.41) is 7.76. The van der Waals surface area contributed by atoms with E-state index in [0.717, 1.165) is 41.8 Å². The number of carbonyl (C=O) groups excluding carboxylic acids is 1. The summed E-state index contributed by atoms with van der Waals surface area (Å²) < 4.78 is 5.09. The minimum atomic E-state index is -0.0569. The molecule has 0 radical (unpaired) electrons. The van der Waals surface area contributed by atoms with Crippen molar-refractivity contribution < 1.29 is 9.32 Å². The zero-order valence-corrected chi connectivity index (χ0v) is 17.6. The molecule has 1 atom stereocenters. The lowest BCUT2D eigenvalue weighted by Crippen LogP contribution is -2.35. The van der Waals surface area contributed by atoms with Crippen LogP contribution < -0.4 is 5.32 Å². The van der Waals surface area contributed by atoms with Crippen LogP contribution in [0.5, 0.6) is 0 Å². The Morgan fingerprint density at radius 2 is 2.32 bits per heavy atom. The number of pyridine rings is 1. The van der Waals surface area contributed by atoms with Gasteiger partial charge in [0.1, 0.15) is 10.8 Å². The Hall–Kier alpha value is -1.86. The maximum absolute atomic E-state index is 12.6. The van der Waals surface area contributed by atoms with E-state index >= 15 is 0 Å². The predicted molar refractivity (Wildman–Crippen MR) is 111 cm³/mol. The summed E-state index contributed by atoms with van der Waals surface area (Å²) in [7, 11) is 0. The number of nitrogens with one attached hydrogen (secondary N) is 1. The molecule has 0 aliphatic carbocycles. The maximum Gasteiger partial charge on any atom is 0.254 e. The zero-order valence-electron chi connectivity index (χ0n) is 16.8. The van der Waals surface area contributed by atoms with Crippen LogP contribution in [0.2, 0.25) is 0 Å². The molecular formula is C21H30N4O2S. The number of hydrogen-bond acceptors (Lipinski definition) is 6. The van der Waals surface area contributed by atoms with Crippen LogP contribution in [-0.4, -0.2) is 47.1 Å². The number of thioether (sulfide) groups is 1. The highest BCUT2D eigenvalue weighted by molar-refractivity contribution is 7.98. The van der Waals surface area contributed by atoms with Gasteiger partial charge in [-0.05, 0) is 63.7 Å². The number of hydrogen-bond donors (Lipinski definition) is 1. The molecule has 0 aromatic carbocycles. The van der Waals surface area contributed by atoms with E-state index in [4.69, 9.17) is 4.52 Å². The lowest BCUT2D eigenvalue weighted by molar-refractivity contribution is 0.0948. The summed E-state index contributed by atoms with van der Waals surface area (Å²) in [4.78, 5) is 19.5. The molecule has 3 rings (SSSR count). The number of piperidine rings is 1. The number of nitrogens with zero attached hydrogens (tertiary/aromatic N) is 3. The van der Waals surface area contributed by atoms with Gasteiger partial charge in [-0.25, -0.2) is 4.98 Å². The first-order valence-electron chi connectivity index (χ1n) is 10.1. The molecule has 2 aromatic heterocycles. The van der Waals surface area contributed by atoms with E-state index in [1.54, 1.807) is 12.3 Å². The number of unbranched alkanes of at least 4 members (excludes halogenated alkanes) is 1. The standard InChI is InChI=1S/C21H30N4O2S/c1-16-7-6-12-25(14-16)11-4-3-9-22-20(26)19-8-5-10-23-21(19)28-15-18-13-17(2)27-24-18/h5,8,10,13,16H,3-4,6-7,9,11-12,14-15H2,1-2H3,(H,22,26)/t16-/m0/s1. The third kappa shape index (κ3) is 6.34. The monoisotopic (exact) mass is 402 g/mol. The van der Waals surface area contributed by atoms with Gasteiger partial charge in [-0.3, -0.25) is 4.79 Å². The molecule has 6 nitrogen and oxygen atoms in total. The number of aromatic nitrogens is 2. The molecule has 7 heteroatoms. The van der Waals surface area contributed by atoms with Crippen molar-refractivity contribution in [1.29, 1.82) is 0 Å². The van der Waals surface area contributed by atoms with Crippen LogP contribution in [0.3, 0.4) is 0 Å². The number of rotatable bonds is 9. The largest absolute Gasteiger partial charge is 0.361 e. The van der Waals surface area contributed by atoms with Gasteiger partial charge in [-0.1, -0.05) is 23.8 Å². The fourth-order valence-corrected chi connectivity index (χ4v) is 4.43. The smallest absolute Gasteiger partial charge is 0.254 e. The molecule has 0 spiro atoms. The Bertz CT molecular complexity index is 764. The molecule has 1 amide bonds. The van der Waals surface area contributed by atoms with Gasteiger partial charge in [0.15, 0.2) is 0 Å². The van der Waals surface area contributed by atoms with Gasteiger partial charge in [0, 0.05) is 31.1 Å². The van der Waals surface area contributed by atoms with Gasteiger partial charge in [0.05, 0.1) is 11.3 Å². The molecule has 1 fully saturated rings. The van der Waals surface area contributed by atoms with Crippen LogP contribution in [-0.2, 0) is 5.75 Å². The number of likely N-dealkylation sites (tertiary alicyclic amines) is 1. The van der Waals surface area contributed by atoms with Crippen molar-refractivity contribution in [3.63, 3.8) is 0 Å². The van der Waals surface area contributed by atoms with Crippen molar-refractivity contribution in [2.45, 2.75) is 50.3 Å². The highest BCUT2D eigenvalue weighted by Gasteiger charge is 2.16. The van der Waals surface area contributed by atoms with Gasteiger partial charge in [0.2, 0.25) is 0 Å². The minimum absolute atomic E-state index is 0.0569. The highest BCUT2D eigenvalue weighted by Crippen LogP contribution is 2.24. The van der Waals surface area contributed by atoms with E-state index in [-0.39, 0.29) is 5.91 Å². The predicted octanol–water partition coefficient (Wildman–Crippen LogP) is 3.91. The molecular weight excluding hydrogens is 372 g/mol. The molecule has 0 saturated carbocycles. The first kappa shape index (κ1) is 20.9. The van der Waals surface area contributed by atoms with Crippen molar-refractivity contribution in [1.82, 2.24) is 20.4 Å². The Morgan fingerprint density at radius 3 is 3.11 bits per heavy atom. The molecule has 0 bridgehead atoms. The lowest BCUT2D eigenvalue weighted by atomic mass is 10.0. The summed E-state index contributed by atoms with van der Waals surface area (Å²) >= 11 is 1.50. The average Bonchev–Trinajstić information content (AvgIpc) is 3.11. The van der Waals surface area contributed by atoms with Gasteiger partial charge in [-0.2, -0.15) is 0 Å². The van der Waals surface area contributed by atoms with Crippen LogP contribution in [0, 0.1) is 12.8 Å². The van der Waals surface area contributed by atoms with Crippen molar-refractivity contribution in [3.8, 4) is 0 Å². The molecule has 28 heavy (non-hydrogen) atoms. The summed E-state index contributed by atoms with van der Waals surface area (Å²) in [5.41, 5.74) is 1.48. The maximum atomic E-state index is 12.6. The van der Waals surface area contributed by atoms with Gasteiger partial charge < -0.3 is 14.7 Å². The van der Waals surface area contributed by atoms with Crippen LogP contribution in [0.25, 0.3) is 0 Å².